The number of carbonyl (C=O) groups excluding carboxylic acids is 1. The Kier molecular flexibility index (Phi) is 16.9. The monoisotopic (exact) mass is 358 g/mol. The first-order chi connectivity index (χ1) is 12.1. The quantitative estimate of drug-likeness (QED) is 0.327. The van der Waals surface area contributed by atoms with Gasteiger partial charge in [-0.25, -0.2) is 0 Å². The number of aliphatic carboxylic acids is 1. The van der Waals surface area contributed by atoms with Crippen molar-refractivity contribution in [2.45, 2.75) is 90.0 Å². The lowest BCUT2D eigenvalue weighted by Gasteiger charge is -2.08. The van der Waals surface area contributed by atoms with Crippen LogP contribution in [0.5, 0.6) is 0 Å². The highest BCUT2D eigenvalue weighted by molar-refractivity contribution is 5.75. The molecule has 1 amide bonds. The van der Waals surface area contributed by atoms with Gasteiger partial charge in [-0.15, -0.1) is 0 Å². The minimum atomic E-state index is -1.08. The predicted molar refractivity (Wildman–Crippen MR) is 101 cm³/mol. The third-order valence-corrected chi connectivity index (χ3v) is 4.19. The molecule has 0 rings (SSSR count). The van der Waals surface area contributed by atoms with Crippen LogP contribution in [0.1, 0.15) is 84.0 Å². The first kappa shape index (κ1) is 23.9. The number of nitrogens with two attached hydrogens (primary N) is 1. The van der Waals surface area contributed by atoms with E-state index in [-0.39, 0.29) is 19.1 Å². The zero-order valence-electron chi connectivity index (χ0n) is 15.9. The van der Waals surface area contributed by atoms with E-state index in [1.54, 1.807) is 0 Å². The second-order valence-corrected chi connectivity index (χ2v) is 6.66. The van der Waals surface area contributed by atoms with Crippen LogP contribution in [-0.2, 0) is 14.3 Å². The van der Waals surface area contributed by atoms with Crippen LogP contribution in [0.15, 0.2) is 0 Å². The van der Waals surface area contributed by atoms with E-state index in [2.05, 4.69) is 12.2 Å². The molecule has 0 aliphatic heterocycles. The molecule has 0 aromatic rings. The summed E-state index contributed by atoms with van der Waals surface area (Å²) in [5, 5.41) is 11.4. The van der Waals surface area contributed by atoms with Gasteiger partial charge < -0.3 is 20.9 Å². The number of ether oxygens (including phenoxy) is 1. The normalized spacial score (nSPS) is 12.1. The van der Waals surface area contributed by atoms with Gasteiger partial charge in [-0.1, -0.05) is 71.1 Å². The summed E-state index contributed by atoms with van der Waals surface area (Å²) in [6.45, 7) is 2.88. The molecule has 0 radical (unpaired) electrons. The molecule has 0 aliphatic rings. The number of amides is 1. The third-order valence-electron chi connectivity index (χ3n) is 4.19. The summed E-state index contributed by atoms with van der Waals surface area (Å²) in [6, 6.07) is -1.01. The Labute approximate surface area is 152 Å². The molecule has 1 atom stereocenters. The Morgan fingerprint density at radius 1 is 0.960 bits per heavy atom. The number of unbranched alkanes of at least 4 members (excludes halogenated alkanes) is 10. The van der Waals surface area contributed by atoms with Gasteiger partial charge in [-0.05, 0) is 6.42 Å². The van der Waals surface area contributed by atoms with Crippen molar-refractivity contribution in [3.63, 3.8) is 0 Å². The molecular formula is C19H38N2O4. The smallest absolute Gasteiger partial charge is 0.322 e. The van der Waals surface area contributed by atoms with Gasteiger partial charge in [0.25, 0.3) is 0 Å². The van der Waals surface area contributed by atoms with Gasteiger partial charge in [0.05, 0.1) is 13.2 Å². The van der Waals surface area contributed by atoms with Crippen molar-refractivity contribution in [1.29, 1.82) is 0 Å². The number of carboxylic acid groups (broad SMARTS) is 1. The van der Waals surface area contributed by atoms with E-state index in [0.29, 0.717) is 13.0 Å². The van der Waals surface area contributed by atoms with Gasteiger partial charge in [-0.2, -0.15) is 0 Å². The Hall–Kier alpha value is -1.14. The molecule has 0 saturated carbocycles. The lowest BCUT2D eigenvalue weighted by Crippen LogP contribution is -2.36. The maximum Gasteiger partial charge on any atom is 0.322 e. The predicted octanol–water partition coefficient (Wildman–Crippen LogP) is 3.23. The van der Waals surface area contributed by atoms with E-state index < -0.39 is 12.0 Å². The van der Waals surface area contributed by atoms with Crippen LogP contribution in [0, 0.1) is 0 Å². The van der Waals surface area contributed by atoms with E-state index in [9.17, 15) is 9.59 Å². The number of hydrogen-bond acceptors (Lipinski definition) is 4. The molecule has 0 aromatic heterocycles. The van der Waals surface area contributed by atoms with E-state index in [4.69, 9.17) is 15.6 Å². The number of carbonyl (C=O) groups is 2. The minimum absolute atomic E-state index is 0.0297. The molecule has 6 heteroatoms. The highest BCUT2D eigenvalue weighted by Crippen LogP contribution is 2.11. The standard InChI is InChI=1S/C19H38N2O4/c1-2-3-4-5-6-7-8-9-10-11-12-13-18(22)21-14-15-25-16-17(20)19(23)24/h17H,2-16,20H2,1H3,(H,21,22)(H,23,24)/t17-/m0/s1. The minimum Gasteiger partial charge on any atom is -0.480 e. The summed E-state index contributed by atoms with van der Waals surface area (Å²) in [6.07, 6.45) is 14.5. The van der Waals surface area contributed by atoms with Crippen LogP contribution in [0.3, 0.4) is 0 Å². The second-order valence-electron chi connectivity index (χ2n) is 6.66. The molecule has 6 nitrogen and oxygen atoms in total. The topological polar surface area (TPSA) is 102 Å². The molecule has 0 aromatic carbocycles. The van der Waals surface area contributed by atoms with Crippen molar-refractivity contribution >= 4 is 11.9 Å². The molecular weight excluding hydrogens is 320 g/mol. The molecule has 0 bridgehead atoms. The Balaban J connectivity index is 3.24. The highest BCUT2D eigenvalue weighted by atomic mass is 16.5. The molecule has 148 valence electrons. The average molecular weight is 359 g/mol. The maximum atomic E-state index is 11.6. The van der Waals surface area contributed by atoms with Gasteiger partial charge in [0, 0.05) is 13.0 Å². The molecule has 25 heavy (non-hydrogen) atoms. The zero-order valence-corrected chi connectivity index (χ0v) is 15.9. The molecule has 0 fully saturated rings. The summed E-state index contributed by atoms with van der Waals surface area (Å²) in [5.74, 6) is -1.05. The molecule has 0 spiro atoms. The van der Waals surface area contributed by atoms with Crippen molar-refractivity contribution in [2.24, 2.45) is 5.73 Å². The molecule has 0 saturated heterocycles. The highest BCUT2D eigenvalue weighted by Gasteiger charge is 2.10. The van der Waals surface area contributed by atoms with Crippen LogP contribution in [-0.4, -0.2) is 42.8 Å². The number of hydrogen-bond donors (Lipinski definition) is 3. The number of rotatable bonds is 18. The lowest BCUT2D eigenvalue weighted by atomic mass is 10.1. The SMILES string of the molecule is CCCCCCCCCCCCCC(=O)NCCOC[C@H](N)C(=O)O. The molecule has 0 heterocycles. The summed E-state index contributed by atoms with van der Waals surface area (Å²) in [4.78, 5) is 22.1. The van der Waals surface area contributed by atoms with Gasteiger partial charge in [0.15, 0.2) is 0 Å². The molecule has 4 N–H and O–H groups in total. The summed E-state index contributed by atoms with van der Waals surface area (Å²) in [7, 11) is 0. The van der Waals surface area contributed by atoms with Crippen molar-refractivity contribution in [3.8, 4) is 0 Å². The van der Waals surface area contributed by atoms with Gasteiger partial charge >= 0.3 is 5.97 Å². The van der Waals surface area contributed by atoms with E-state index >= 15 is 0 Å². The molecule has 0 aliphatic carbocycles. The second kappa shape index (κ2) is 17.7. The average Bonchev–Trinajstić information content (AvgIpc) is 2.59. The third kappa shape index (κ3) is 17.5. The molecule has 0 unspecified atom stereocenters. The Morgan fingerprint density at radius 2 is 1.48 bits per heavy atom. The summed E-state index contributed by atoms with van der Waals surface area (Å²) in [5.41, 5.74) is 5.30. The maximum absolute atomic E-state index is 11.6. The van der Waals surface area contributed by atoms with Crippen LogP contribution >= 0.6 is 0 Å². The van der Waals surface area contributed by atoms with Gasteiger partial charge in [0.2, 0.25) is 5.91 Å². The van der Waals surface area contributed by atoms with Crippen LogP contribution in [0.4, 0.5) is 0 Å². The van der Waals surface area contributed by atoms with Gasteiger partial charge in [-0.3, -0.25) is 9.59 Å². The first-order valence-electron chi connectivity index (χ1n) is 9.90. The fraction of sp³-hybridized carbons (Fsp3) is 0.895. The van der Waals surface area contributed by atoms with Crippen LogP contribution in [0.25, 0.3) is 0 Å². The van der Waals surface area contributed by atoms with E-state index in [0.717, 1.165) is 12.8 Å². The Bertz CT molecular complexity index is 337. The lowest BCUT2D eigenvalue weighted by molar-refractivity contribution is -0.140. The fourth-order valence-corrected chi connectivity index (χ4v) is 2.58. The van der Waals surface area contributed by atoms with Crippen LogP contribution in [0.2, 0.25) is 0 Å². The first-order valence-corrected chi connectivity index (χ1v) is 9.90. The van der Waals surface area contributed by atoms with Crippen molar-refractivity contribution in [1.82, 2.24) is 5.32 Å². The van der Waals surface area contributed by atoms with Crippen molar-refractivity contribution in [2.75, 3.05) is 19.8 Å². The summed E-state index contributed by atoms with van der Waals surface area (Å²) < 4.78 is 5.10. The van der Waals surface area contributed by atoms with Crippen molar-refractivity contribution in [3.05, 3.63) is 0 Å². The number of carboxylic acids is 1. The van der Waals surface area contributed by atoms with Crippen molar-refractivity contribution < 1.29 is 19.4 Å². The number of nitrogens with one attached hydrogen (secondary N) is 1. The fourth-order valence-electron chi connectivity index (χ4n) is 2.58. The summed E-state index contributed by atoms with van der Waals surface area (Å²) >= 11 is 0. The largest absolute Gasteiger partial charge is 0.480 e. The Morgan fingerprint density at radius 3 is 2.00 bits per heavy atom. The van der Waals surface area contributed by atoms with Gasteiger partial charge in [0.1, 0.15) is 6.04 Å². The zero-order chi connectivity index (χ0) is 18.8. The van der Waals surface area contributed by atoms with E-state index in [1.807, 2.05) is 0 Å². The van der Waals surface area contributed by atoms with Crippen LogP contribution < -0.4 is 11.1 Å². The van der Waals surface area contributed by atoms with E-state index in [1.165, 1.54) is 57.8 Å².